The van der Waals surface area contributed by atoms with Crippen molar-refractivity contribution < 1.29 is 19.1 Å². The second kappa shape index (κ2) is 14.9. The van der Waals surface area contributed by atoms with Gasteiger partial charge in [0.2, 0.25) is 0 Å². The van der Waals surface area contributed by atoms with Crippen LogP contribution in [0.1, 0.15) is 65.6 Å². The van der Waals surface area contributed by atoms with Gasteiger partial charge in [-0.15, -0.1) is 0 Å². The predicted octanol–water partition coefficient (Wildman–Crippen LogP) is 10.7. The second-order valence-electron chi connectivity index (χ2n) is 14.6. The summed E-state index contributed by atoms with van der Waals surface area (Å²) in [6.07, 6.45) is 3.48. The van der Waals surface area contributed by atoms with Crippen molar-refractivity contribution in [1.29, 1.82) is 0 Å². The van der Waals surface area contributed by atoms with Gasteiger partial charge in [0.05, 0.1) is 19.2 Å². The van der Waals surface area contributed by atoms with Gasteiger partial charge in [0.1, 0.15) is 11.2 Å². The Morgan fingerprint density at radius 2 is 1.29 bits per heavy atom. The second-order valence-corrected chi connectivity index (χ2v) is 16.3. The number of halogens is 2. The number of rotatable bonds is 1. The van der Waals surface area contributed by atoms with Crippen LogP contribution in [0.5, 0.6) is 0 Å². The van der Waals surface area contributed by atoms with E-state index in [2.05, 4.69) is 58.0 Å². The van der Waals surface area contributed by atoms with Crippen molar-refractivity contribution in [3.63, 3.8) is 0 Å². The van der Waals surface area contributed by atoms with E-state index in [0.29, 0.717) is 30.4 Å². The van der Waals surface area contributed by atoms with Gasteiger partial charge in [-0.2, -0.15) is 0 Å². The van der Waals surface area contributed by atoms with Gasteiger partial charge in [0.15, 0.2) is 11.4 Å². The molecule has 2 amide bonds. The highest BCUT2D eigenvalue weighted by Gasteiger charge is 2.35. The molecule has 49 heavy (non-hydrogen) atoms. The summed E-state index contributed by atoms with van der Waals surface area (Å²) in [5, 5.41) is 2.10. The minimum absolute atomic E-state index is 0.180. The van der Waals surface area contributed by atoms with E-state index in [4.69, 9.17) is 22.6 Å². The molecule has 2 aromatic carbocycles. The van der Waals surface area contributed by atoms with Crippen LogP contribution in [-0.2, 0) is 9.47 Å². The third-order valence-corrected chi connectivity index (χ3v) is 9.20. The number of ether oxygens (including phenoxy) is 2. The van der Waals surface area contributed by atoms with Gasteiger partial charge < -0.3 is 28.8 Å². The summed E-state index contributed by atoms with van der Waals surface area (Å²) in [6.45, 7) is 34.5. The van der Waals surface area contributed by atoms with Crippen LogP contribution >= 0.6 is 31.9 Å². The molecular weight excluding hydrogens is 752 g/mol. The van der Waals surface area contributed by atoms with Crippen LogP contribution in [0.2, 0.25) is 0 Å². The molecule has 0 aliphatic carbocycles. The van der Waals surface area contributed by atoms with Crippen molar-refractivity contribution >= 4 is 77.2 Å². The first kappa shape index (κ1) is 37.8. The number of nitrogens with zero attached hydrogens (tertiary/aromatic N) is 5. The molecule has 2 aromatic heterocycles. The summed E-state index contributed by atoms with van der Waals surface area (Å²) in [7, 11) is 0. The first-order valence-corrected chi connectivity index (χ1v) is 17.7. The van der Waals surface area contributed by atoms with Gasteiger partial charge in [-0.05, 0) is 129 Å². The molecule has 4 heterocycles. The molecule has 2 aliphatic heterocycles. The smallest absolute Gasteiger partial charge is 0.410 e. The topological polar surface area (TPSA) is 88.5 Å². The summed E-state index contributed by atoms with van der Waals surface area (Å²) in [6, 6.07) is 8.09. The van der Waals surface area contributed by atoms with E-state index in [9.17, 15) is 9.59 Å². The molecule has 0 radical (unpaired) electrons. The van der Waals surface area contributed by atoms with E-state index in [0.717, 1.165) is 55.0 Å². The van der Waals surface area contributed by atoms with Crippen LogP contribution in [0.4, 0.5) is 21.0 Å². The van der Waals surface area contributed by atoms with Crippen LogP contribution in [0.25, 0.3) is 31.5 Å². The van der Waals surface area contributed by atoms with Crippen molar-refractivity contribution in [3.8, 4) is 0 Å². The predicted molar refractivity (Wildman–Crippen MR) is 201 cm³/mol. The molecule has 10 nitrogen and oxygen atoms in total. The minimum atomic E-state index is -0.474. The largest absolute Gasteiger partial charge is 0.444 e. The first-order chi connectivity index (χ1) is 22.8. The third-order valence-electron chi connectivity index (χ3n) is 7.91. The summed E-state index contributed by atoms with van der Waals surface area (Å²) in [5.41, 5.74) is 4.67. The van der Waals surface area contributed by atoms with E-state index in [1.165, 1.54) is 0 Å². The molecular formula is C37H44Br2N6O4. The van der Waals surface area contributed by atoms with Crippen LogP contribution in [0.3, 0.4) is 0 Å². The maximum absolute atomic E-state index is 12.1. The van der Waals surface area contributed by atoms with Crippen molar-refractivity contribution in [2.24, 2.45) is 5.92 Å². The summed E-state index contributed by atoms with van der Waals surface area (Å²) < 4.78 is 14.7. The van der Waals surface area contributed by atoms with Crippen LogP contribution < -0.4 is 0 Å². The normalized spacial score (nSPS) is 14.8. The quantitative estimate of drug-likeness (QED) is 0.194. The highest BCUT2D eigenvalue weighted by Crippen LogP contribution is 2.36. The van der Waals surface area contributed by atoms with E-state index in [1.54, 1.807) is 9.80 Å². The van der Waals surface area contributed by atoms with Crippen molar-refractivity contribution in [3.05, 3.63) is 79.6 Å². The Hall–Kier alpha value is -4.00. The average molecular weight is 797 g/mol. The van der Waals surface area contributed by atoms with Crippen LogP contribution in [0.15, 0.2) is 45.6 Å². The lowest BCUT2D eigenvalue weighted by atomic mass is 10.0. The Labute approximate surface area is 305 Å². The molecule has 4 aromatic rings. The van der Waals surface area contributed by atoms with Gasteiger partial charge in [-0.1, -0.05) is 6.92 Å². The number of hydrogen-bond donors (Lipinski definition) is 1. The van der Waals surface area contributed by atoms with Crippen LogP contribution in [0, 0.1) is 32.9 Å². The number of aromatic nitrogens is 2. The zero-order chi connectivity index (χ0) is 36.4. The lowest BCUT2D eigenvalue weighted by molar-refractivity contribution is 0.000733. The van der Waals surface area contributed by atoms with E-state index in [-0.39, 0.29) is 23.8 Å². The van der Waals surface area contributed by atoms with Gasteiger partial charge in [-0.25, -0.2) is 19.3 Å². The van der Waals surface area contributed by atoms with Gasteiger partial charge in [-0.3, -0.25) is 0 Å². The van der Waals surface area contributed by atoms with E-state index < -0.39 is 5.60 Å². The molecule has 0 bridgehead atoms. The van der Waals surface area contributed by atoms with Gasteiger partial charge >= 0.3 is 12.2 Å². The monoisotopic (exact) mass is 794 g/mol. The lowest BCUT2D eigenvalue weighted by Crippen LogP contribution is -2.52. The summed E-state index contributed by atoms with van der Waals surface area (Å²) in [4.78, 5) is 37.0. The number of carbonyl (C=O) groups is 2. The molecule has 2 aliphatic rings. The van der Waals surface area contributed by atoms with Crippen molar-refractivity contribution in [1.82, 2.24) is 19.4 Å². The maximum atomic E-state index is 12.1. The summed E-state index contributed by atoms with van der Waals surface area (Å²) >= 11 is 7.00. The molecule has 6 rings (SSSR count). The molecule has 2 saturated heterocycles. The molecule has 2 fully saturated rings. The number of hydrogen-bond acceptors (Lipinski definition) is 4. The zero-order valence-electron chi connectivity index (χ0n) is 29.6. The molecule has 1 N–H and O–H groups in total. The maximum Gasteiger partial charge on any atom is 0.410 e. The Bertz CT molecular complexity index is 1940. The number of likely N-dealkylation sites (tertiary alicyclic amines) is 2. The number of aryl methyl sites for hydroxylation is 2. The third kappa shape index (κ3) is 9.37. The number of aromatic amines is 1. The number of fused-ring (bicyclic) bond motifs is 2. The van der Waals surface area contributed by atoms with E-state index >= 15 is 0 Å². The molecule has 0 spiro atoms. The molecule has 0 unspecified atom stereocenters. The molecule has 260 valence electrons. The van der Waals surface area contributed by atoms with Crippen molar-refractivity contribution in [2.45, 2.75) is 79.6 Å². The van der Waals surface area contributed by atoms with Gasteiger partial charge in [0.25, 0.3) is 0 Å². The Balaban J connectivity index is 0.000000182. The SMILES string of the molecule is CC1CN(C(=O)OC(C)(C)C)C1.[C-]#[N+]c1cc2c(Br)c[nH]c2cc1C.[C-]#[N+]c1cc2c(Br)cn(C3CN(C(=O)OC(C)(C)C)C3)c2cc1C. The fraction of sp³-hybridized carbons (Fsp3) is 0.459. The van der Waals surface area contributed by atoms with E-state index in [1.807, 2.05) is 92.0 Å². The van der Waals surface area contributed by atoms with Crippen molar-refractivity contribution in [2.75, 3.05) is 26.2 Å². The first-order valence-electron chi connectivity index (χ1n) is 16.1. The number of carbonyl (C=O) groups excluding carboxylic acids is 2. The number of benzene rings is 2. The molecule has 12 heteroatoms. The highest BCUT2D eigenvalue weighted by atomic mass is 79.9. The summed E-state index contributed by atoms with van der Waals surface area (Å²) in [5.74, 6) is 0.637. The lowest BCUT2D eigenvalue weighted by Gasteiger charge is -2.40. The highest BCUT2D eigenvalue weighted by molar-refractivity contribution is 9.11. The minimum Gasteiger partial charge on any atom is -0.444 e. The van der Waals surface area contributed by atoms with Gasteiger partial charge in [0, 0.05) is 69.3 Å². The standard InChI is InChI=1S/C18H20BrN3O2.C10H7BrN2.C9H17NO2/c1-11-6-16-13(7-15(11)20-5)14(19)10-22(16)12-8-21(9-12)17(23)24-18(2,3)4;1-6-3-10-7(4-9(6)12-2)8(11)5-13-10;1-7-5-10(6-7)8(11)12-9(2,3)4/h6-7,10,12H,8-9H2,1-4H3;3-5,13H,1H3;7H,5-6H2,1-4H3. The average Bonchev–Trinajstić information content (AvgIpc) is 3.46. The molecule has 0 saturated carbocycles. The fourth-order valence-corrected chi connectivity index (χ4v) is 6.38. The molecule has 0 atom stereocenters. The number of nitrogens with one attached hydrogen (secondary N) is 1. The zero-order valence-corrected chi connectivity index (χ0v) is 32.7. The Morgan fingerprint density at radius 1 is 0.796 bits per heavy atom. The number of amides is 2. The fourth-order valence-electron chi connectivity index (χ4n) is 5.40. The Kier molecular flexibility index (Phi) is 11.5. The number of H-pyrrole nitrogens is 1. The van der Waals surface area contributed by atoms with Crippen LogP contribution in [-0.4, -0.2) is 68.9 Å². The Morgan fingerprint density at radius 3 is 1.78 bits per heavy atom.